The molecule has 0 amide bonds. The smallest absolute Gasteiger partial charge is 0.142 e. The van der Waals surface area contributed by atoms with Gasteiger partial charge in [0.15, 0.2) is 0 Å². The summed E-state index contributed by atoms with van der Waals surface area (Å²) in [6.45, 7) is 0.0783. The summed E-state index contributed by atoms with van der Waals surface area (Å²) in [5.41, 5.74) is 3.54. The molecule has 0 radical (unpaired) electrons. The molecule has 0 saturated carbocycles. The van der Waals surface area contributed by atoms with E-state index in [1.165, 1.54) is 17.5 Å². The first-order valence-electron chi connectivity index (χ1n) is 7.60. The van der Waals surface area contributed by atoms with E-state index in [2.05, 4.69) is 44.5 Å². The molecule has 0 saturated heterocycles. The molecule has 1 aromatic carbocycles. The molecule has 112 valence electrons. The summed E-state index contributed by atoms with van der Waals surface area (Å²) in [4.78, 5) is 11.6. The van der Waals surface area contributed by atoms with E-state index in [1.807, 2.05) is 12.3 Å². The van der Waals surface area contributed by atoms with Gasteiger partial charge >= 0.3 is 0 Å². The van der Waals surface area contributed by atoms with E-state index < -0.39 is 0 Å². The highest BCUT2D eigenvalue weighted by molar-refractivity contribution is 5.86. The lowest BCUT2D eigenvalue weighted by atomic mass is 9.93. The lowest BCUT2D eigenvalue weighted by Crippen LogP contribution is -2.30. The van der Waals surface area contributed by atoms with Crippen LogP contribution in [0.2, 0.25) is 0 Å². The predicted octanol–water partition coefficient (Wildman–Crippen LogP) is 2.46. The first-order valence-corrected chi connectivity index (χ1v) is 7.60. The highest BCUT2D eigenvalue weighted by Crippen LogP contribution is 2.36. The van der Waals surface area contributed by atoms with Gasteiger partial charge in [0.1, 0.15) is 17.8 Å². The molecule has 0 aliphatic heterocycles. The molecule has 0 fully saturated rings. The van der Waals surface area contributed by atoms with Crippen molar-refractivity contribution in [1.82, 2.24) is 15.0 Å². The number of nitrogens with zero attached hydrogens (tertiary/aromatic N) is 2. The Balaban J connectivity index is 1.65. The zero-order valence-electron chi connectivity index (χ0n) is 12.2. The maximum Gasteiger partial charge on any atom is 0.142 e. The Morgan fingerprint density at radius 2 is 2.18 bits per heavy atom. The van der Waals surface area contributed by atoms with Crippen LogP contribution >= 0.6 is 0 Å². The van der Waals surface area contributed by atoms with Crippen LogP contribution in [0.1, 0.15) is 23.5 Å². The predicted molar refractivity (Wildman–Crippen MR) is 85.9 cm³/mol. The minimum Gasteiger partial charge on any atom is -0.394 e. The molecule has 5 heteroatoms. The molecule has 4 rings (SSSR count). The number of aliphatic hydroxyl groups excluding tert-OH is 1. The van der Waals surface area contributed by atoms with Crippen LogP contribution in [0.15, 0.2) is 42.9 Å². The van der Waals surface area contributed by atoms with Gasteiger partial charge in [-0.2, -0.15) is 0 Å². The molecule has 3 N–H and O–H groups in total. The van der Waals surface area contributed by atoms with Crippen LogP contribution in [0.25, 0.3) is 11.0 Å². The second kappa shape index (κ2) is 5.42. The zero-order valence-corrected chi connectivity index (χ0v) is 12.2. The van der Waals surface area contributed by atoms with Crippen LogP contribution in [0, 0.1) is 0 Å². The number of nitrogens with one attached hydrogen (secondary N) is 2. The second-order valence-electron chi connectivity index (χ2n) is 5.74. The van der Waals surface area contributed by atoms with Crippen molar-refractivity contribution in [2.45, 2.75) is 24.8 Å². The topological polar surface area (TPSA) is 73.8 Å². The van der Waals surface area contributed by atoms with E-state index in [1.54, 1.807) is 0 Å². The molecule has 1 aliphatic rings. The number of hydrogen-bond donors (Lipinski definition) is 3. The summed E-state index contributed by atoms with van der Waals surface area (Å²) in [6, 6.07) is 10.4. The third-order valence-electron chi connectivity index (χ3n) is 4.54. The van der Waals surface area contributed by atoms with Gasteiger partial charge < -0.3 is 15.4 Å². The molecule has 0 unspecified atom stereocenters. The quantitative estimate of drug-likeness (QED) is 0.691. The van der Waals surface area contributed by atoms with Crippen molar-refractivity contribution in [2.75, 3.05) is 11.9 Å². The van der Waals surface area contributed by atoms with E-state index in [9.17, 15) is 5.11 Å². The minimum atomic E-state index is -0.0448. The van der Waals surface area contributed by atoms with Gasteiger partial charge in [0.05, 0.1) is 18.0 Å². The summed E-state index contributed by atoms with van der Waals surface area (Å²) < 4.78 is 0. The highest BCUT2D eigenvalue weighted by Gasteiger charge is 2.29. The molecule has 22 heavy (non-hydrogen) atoms. The third kappa shape index (κ3) is 2.14. The number of aromatic nitrogens is 3. The van der Waals surface area contributed by atoms with Crippen LogP contribution in [-0.2, 0) is 6.42 Å². The van der Waals surface area contributed by atoms with E-state index >= 15 is 0 Å². The number of anilines is 1. The fraction of sp³-hybridized carbons (Fsp3) is 0.294. The lowest BCUT2D eigenvalue weighted by molar-refractivity contribution is 0.258. The van der Waals surface area contributed by atoms with Gasteiger partial charge in [-0.3, -0.25) is 0 Å². The number of aliphatic hydroxyl groups is 1. The van der Waals surface area contributed by atoms with E-state index in [0.717, 1.165) is 29.7 Å². The summed E-state index contributed by atoms with van der Waals surface area (Å²) >= 11 is 0. The molecule has 0 spiro atoms. The Bertz CT molecular complexity index is 798. The van der Waals surface area contributed by atoms with Crippen LogP contribution in [0.3, 0.4) is 0 Å². The van der Waals surface area contributed by atoms with Crippen LogP contribution < -0.4 is 5.32 Å². The largest absolute Gasteiger partial charge is 0.394 e. The van der Waals surface area contributed by atoms with E-state index in [-0.39, 0.29) is 12.6 Å². The number of rotatable bonds is 4. The lowest BCUT2D eigenvalue weighted by Gasteiger charge is -2.24. The number of fused-ring (bicyclic) bond motifs is 2. The van der Waals surface area contributed by atoms with Gasteiger partial charge in [-0.1, -0.05) is 24.3 Å². The number of aryl methyl sites for hydroxylation is 1. The van der Waals surface area contributed by atoms with Crippen LogP contribution in [0.4, 0.5) is 5.82 Å². The molecule has 2 heterocycles. The van der Waals surface area contributed by atoms with Crippen molar-refractivity contribution in [2.24, 2.45) is 0 Å². The average molecular weight is 294 g/mol. The third-order valence-corrected chi connectivity index (χ3v) is 4.54. The van der Waals surface area contributed by atoms with Crippen molar-refractivity contribution in [3.63, 3.8) is 0 Å². The summed E-state index contributed by atoms with van der Waals surface area (Å²) in [7, 11) is 0. The fourth-order valence-corrected chi connectivity index (χ4v) is 3.44. The molecular formula is C17H18N4O. The highest BCUT2D eigenvalue weighted by atomic mass is 16.3. The van der Waals surface area contributed by atoms with Gasteiger partial charge in [-0.05, 0) is 30.0 Å². The Hall–Kier alpha value is -2.40. The Morgan fingerprint density at radius 1 is 1.27 bits per heavy atom. The maximum atomic E-state index is 9.88. The van der Waals surface area contributed by atoms with E-state index in [4.69, 9.17) is 0 Å². The van der Waals surface area contributed by atoms with Crippen molar-refractivity contribution in [3.8, 4) is 0 Å². The van der Waals surface area contributed by atoms with Crippen molar-refractivity contribution >= 4 is 16.9 Å². The number of aromatic amines is 1. The molecular weight excluding hydrogens is 276 g/mol. The van der Waals surface area contributed by atoms with Gasteiger partial charge in [0.25, 0.3) is 0 Å². The van der Waals surface area contributed by atoms with Crippen LogP contribution in [-0.4, -0.2) is 32.7 Å². The average Bonchev–Trinajstić information content (AvgIpc) is 3.19. The molecule has 1 aliphatic carbocycles. The first-order chi connectivity index (χ1) is 10.9. The normalized spacial score (nSPS) is 18.3. The Morgan fingerprint density at radius 3 is 3.09 bits per heavy atom. The van der Waals surface area contributed by atoms with Gasteiger partial charge in [-0.15, -0.1) is 0 Å². The van der Waals surface area contributed by atoms with E-state index in [0.29, 0.717) is 5.92 Å². The Labute approximate surface area is 128 Å². The number of hydrogen-bond acceptors (Lipinski definition) is 4. The van der Waals surface area contributed by atoms with Crippen molar-refractivity contribution in [3.05, 3.63) is 54.0 Å². The van der Waals surface area contributed by atoms with Gasteiger partial charge in [0, 0.05) is 12.1 Å². The minimum absolute atomic E-state index is 0.0448. The molecule has 5 nitrogen and oxygen atoms in total. The molecule has 0 bridgehead atoms. The summed E-state index contributed by atoms with van der Waals surface area (Å²) in [5.74, 6) is 1.08. The Kier molecular flexibility index (Phi) is 3.27. The summed E-state index contributed by atoms with van der Waals surface area (Å²) in [5, 5.41) is 14.3. The van der Waals surface area contributed by atoms with Gasteiger partial charge in [0.2, 0.25) is 0 Å². The first kappa shape index (κ1) is 13.3. The molecule has 3 aromatic rings. The van der Waals surface area contributed by atoms with Crippen molar-refractivity contribution < 1.29 is 5.11 Å². The second-order valence-corrected chi connectivity index (χ2v) is 5.74. The molecule has 2 aromatic heterocycles. The molecule has 2 atom stereocenters. The zero-order chi connectivity index (χ0) is 14.9. The number of benzene rings is 1. The maximum absolute atomic E-state index is 9.88. The SMILES string of the molecule is OC[C@H](Nc1ncnc2[nH]ccc12)[C@@H]1CCc2ccccc21. The number of H-pyrrole nitrogens is 1. The standard InChI is InChI=1S/C17H18N4O/c22-9-15(13-6-5-11-3-1-2-4-12(11)13)21-17-14-7-8-18-16(14)19-10-20-17/h1-4,7-8,10,13,15,22H,5-6,9H2,(H2,18,19,20,21)/t13-,15+/m1/s1. The van der Waals surface area contributed by atoms with Gasteiger partial charge in [-0.25, -0.2) is 9.97 Å². The summed E-state index contributed by atoms with van der Waals surface area (Å²) in [6.07, 6.45) is 5.52. The monoisotopic (exact) mass is 294 g/mol. The fourth-order valence-electron chi connectivity index (χ4n) is 3.44. The van der Waals surface area contributed by atoms with Crippen molar-refractivity contribution in [1.29, 1.82) is 0 Å². The van der Waals surface area contributed by atoms with Crippen LogP contribution in [0.5, 0.6) is 0 Å².